The molecular weight excluding hydrogens is 549 g/mol. The summed E-state index contributed by atoms with van der Waals surface area (Å²) in [7, 11) is 1.29. The zero-order valence-electron chi connectivity index (χ0n) is 21.0. The molecule has 0 bridgehead atoms. The van der Waals surface area contributed by atoms with Gasteiger partial charge in [-0.25, -0.2) is 4.79 Å². The number of carbonyl (C=O) groups excluding carboxylic acids is 3. The number of halogens is 2. The molecule has 2 aromatic carbocycles. The lowest BCUT2D eigenvalue weighted by molar-refractivity contribution is -0.113. The normalized spacial score (nSPS) is 11.6. The van der Waals surface area contributed by atoms with E-state index in [0.29, 0.717) is 39.4 Å². The zero-order valence-corrected chi connectivity index (χ0v) is 23.4. The Morgan fingerprint density at radius 3 is 2.58 bits per heavy atom. The van der Waals surface area contributed by atoms with E-state index in [-0.39, 0.29) is 28.5 Å². The van der Waals surface area contributed by atoms with Crippen LogP contribution >= 0.6 is 35.0 Å². The first kappa shape index (κ1) is 29.2. The van der Waals surface area contributed by atoms with E-state index in [1.54, 1.807) is 41.0 Å². The highest BCUT2D eigenvalue weighted by Crippen LogP contribution is 2.27. The van der Waals surface area contributed by atoms with Gasteiger partial charge in [0.15, 0.2) is 11.0 Å². The summed E-state index contributed by atoms with van der Waals surface area (Å²) in [4.78, 5) is 37.4. The molecule has 0 spiro atoms. The molecule has 0 radical (unpaired) electrons. The molecule has 2 amide bonds. The lowest BCUT2D eigenvalue weighted by Gasteiger charge is -2.23. The van der Waals surface area contributed by atoms with Crippen molar-refractivity contribution in [3.8, 4) is 0 Å². The molecule has 9 nitrogen and oxygen atoms in total. The number of methoxy groups -OCH3 is 1. The third-order valence-electron chi connectivity index (χ3n) is 5.36. The van der Waals surface area contributed by atoms with Crippen molar-refractivity contribution in [3.05, 3.63) is 82.1 Å². The van der Waals surface area contributed by atoms with E-state index in [1.165, 1.54) is 31.0 Å². The van der Waals surface area contributed by atoms with E-state index >= 15 is 0 Å². The van der Waals surface area contributed by atoms with Crippen LogP contribution in [0.4, 0.5) is 5.69 Å². The van der Waals surface area contributed by atoms with Crippen molar-refractivity contribution in [1.29, 1.82) is 0 Å². The summed E-state index contributed by atoms with van der Waals surface area (Å²) < 4.78 is 6.52. The first-order valence-electron chi connectivity index (χ1n) is 11.6. The van der Waals surface area contributed by atoms with Crippen molar-refractivity contribution in [1.82, 2.24) is 20.1 Å². The Balaban J connectivity index is 1.75. The van der Waals surface area contributed by atoms with Gasteiger partial charge in [-0.05, 0) is 42.3 Å². The number of esters is 1. The largest absolute Gasteiger partial charge is 0.465 e. The average Bonchev–Trinajstić information content (AvgIpc) is 3.27. The van der Waals surface area contributed by atoms with Crippen molar-refractivity contribution in [2.24, 2.45) is 5.92 Å². The molecule has 0 fully saturated rings. The second-order valence-corrected chi connectivity index (χ2v) is 10.3. The highest BCUT2D eigenvalue weighted by Gasteiger charge is 2.27. The van der Waals surface area contributed by atoms with Gasteiger partial charge in [0.1, 0.15) is 0 Å². The minimum atomic E-state index is -0.495. The number of hydrogen-bond acceptors (Lipinski definition) is 7. The van der Waals surface area contributed by atoms with Crippen LogP contribution in [0.15, 0.2) is 60.3 Å². The summed E-state index contributed by atoms with van der Waals surface area (Å²) in [6.45, 7) is 8.08. The predicted molar refractivity (Wildman–Crippen MR) is 149 cm³/mol. The Morgan fingerprint density at radius 2 is 1.92 bits per heavy atom. The fourth-order valence-corrected chi connectivity index (χ4v) is 4.78. The average molecular weight is 577 g/mol. The van der Waals surface area contributed by atoms with Crippen LogP contribution in [-0.2, 0) is 16.1 Å². The lowest BCUT2D eigenvalue weighted by atomic mass is 10.0. The standard InChI is InChI=1S/C26H27Cl2N5O4S/c1-5-11-33-23(22(15(2)3)30-24(35)19-10-9-17(27)13-20(19)28)31-32-26(33)38-14-21(34)29-18-8-6-7-16(12-18)25(36)37-4/h5-10,12-13,15,22H,1,11,14H2,2-4H3,(H,29,34)(H,30,35)/t22-/m0/s1. The Kier molecular flexibility index (Phi) is 10.3. The Hall–Kier alpha value is -3.34. The van der Waals surface area contributed by atoms with Crippen molar-refractivity contribution >= 4 is 58.4 Å². The van der Waals surface area contributed by atoms with Gasteiger partial charge in [0, 0.05) is 17.3 Å². The number of rotatable bonds is 11. The fourth-order valence-electron chi connectivity index (χ4n) is 3.53. The molecule has 200 valence electrons. The number of carbonyl (C=O) groups is 3. The molecule has 0 saturated carbocycles. The van der Waals surface area contributed by atoms with Gasteiger partial charge >= 0.3 is 5.97 Å². The predicted octanol–water partition coefficient (Wildman–Crippen LogP) is 5.42. The molecule has 3 aromatic rings. The maximum Gasteiger partial charge on any atom is 0.337 e. The van der Waals surface area contributed by atoms with E-state index < -0.39 is 12.0 Å². The Labute approximate surface area is 234 Å². The van der Waals surface area contributed by atoms with Crippen LogP contribution in [0.5, 0.6) is 0 Å². The van der Waals surface area contributed by atoms with Crippen LogP contribution in [0.2, 0.25) is 10.0 Å². The summed E-state index contributed by atoms with van der Waals surface area (Å²) >= 11 is 13.4. The van der Waals surface area contributed by atoms with Gasteiger partial charge in [0.05, 0.1) is 35.1 Å². The fraction of sp³-hybridized carbons (Fsp3) is 0.269. The maximum atomic E-state index is 13.0. The summed E-state index contributed by atoms with van der Waals surface area (Å²) in [6, 6.07) is 10.6. The van der Waals surface area contributed by atoms with Gasteiger partial charge in [-0.3, -0.25) is 9.59 Å². The molecule has 0 unspecified atom stereocenters. The summed E-state index contributed by atoms with van der Waals surface area (Å²) in [5.74, 6) is -0.644. The van der Waals surface area contributed by atoms with E-state index in [1.807, 2.05) is 13.8 Å². The molecule has 1 heterocycles. The number of ether oxygens (including phenoxy) is 1. The quantitative estimate of drug-likeness (QED) is 0.178. The number of benzene rings is 2. The zero-order chi connectivity index (χ0) is 27.8. The molecule has 12 heteroatoms. The minimum Gasteiger partial charge on any atom is -0.465 e. The molecule has 0 aliphatic heterocycles. The molecule has 1 atom stereocenters. The number of allylic oxidation sites excluding steroid dienone is 1. The first-order chi connectivity index (χ1) is 18.1. The topological polar surface area (TPSA) is 115 Å². The highest BCUT2D eigenvalue weighted by atomic mass is 35.5. The van der Waals surface area contributed by atoms with Gasteiger partial charge in [-0.15, -0.1) is 16.8 Å². The van der Waals surface area contributed by atoms with Gasteiger partial charge in [0.2, 0.25) is 5.91 Å². The maximum absolute atomic E-state index is 13.0. The van der Waals surface area contributed by atoms with E-state index in [4.69, 9.17) is 27.9 Å². The van der Waals surface area contributed by atoms with Crippen LogP contribution in [0.3, 0.4) is 0 Å². The highest BCUT2D eigenvalue weighted by molar-refractivity contribution is 7.99. The smallest absolute Gasteiger partial charge is 0.337 e. The number of thioether (sulfide) groups is 1. The van der Waals surface area contributed by atoms with Crippen LogP contribution in [0.25, 0.3) is 0 Å². The molecule has 0 aliphatic rings. The molecule has 3 rings (SSSR count). The van der Waals surface area contributed by atoms with E-state index in [0.717, 1.165) is 0 Å². The molecule has 2 N–H and O–H groups in total. The first-order valence-corrected chi connectivity index (χ1v) is 13.3. The second kappa shape index (κ2) is 13.5. The van der Waals surface area contributed by atoms with Crippen molar-refractivity contribution < 1.29 is 19.1 Å². The van der Waals surface area contributed by atoms with E-state index in [2.05, 4.69) is 27.4 Å². The van der Waals surface area contributed by atoms with Gasteiger partial charge in [0.25, 0.3) is 5.91 Å². The number of nitrogens with one attached hydrogen (secondary N) is 2. The summed E-state index contributed by atoms with van der Waals surface area (Å²) in [5.41, 5.74) is 1.09. The Morgan fingerprint density at radius 1 is 1.16 bits per heavy atom. The van der Waals surface area contributed by atoms with Gasteiger partial charge < -0.3 is 19.9 Å². The van der Waals surface area contributed by atoms with Crippen LogP contribution < -0.4 is 10.6 Å². The number of hydrogen-bond donors (Lipinski definition) is 2. The number of amides is 2. The van der Waals surface area contributed by atoms with Crippen LogP contribution in [0.1, 0.15) is 46.4 Å². The molecule has 0 aliphatic carbocycles. The minimum absolute atomic E-state index is 0.0385. The molecule has 0 saturated heterocycles. The van der Waals surface area contributed by atoms with Crippen LogP contribution in [0, 0.1) is 5.92 Å². The van der Waals surface area contributed by atoms with Gasteiger partial charge in [-0.1, -0.05) is 61.0 Å². The van der Waals surface area contributed by atoms with Gasteiger partial charge in [-0.2, -0.15) is 0 Å². The number of anilines is 1. The van der Waals surface area contributed by atoms with Crippen molar-refractivity contribution in [2.75, 3.05) is 18.2 Å². The van der Waals surface area contributed by atoms with Crippen molar-refractivity contribution in [3.63, 3.8) is 0 Å². The lowest BCUT2D eigenvalue weighted by Crippen LogP contribution is -2.34. The number of aromatic nitrogens is 3. The Bertz CT molecular complexity index is 1340. The van der Waals surface area contributed by atoms with Crippen LogP contribution in [-0.4, -0.2) is 45.4 Å². The third-order valence-corrected chi connectivity index (χ3v) is 6.88. The molecular formula is C26H27Cl2N5O4S. The number of nitrogens with zero attached hydrogens (tertiary/aromatic N) is 3. The summed E-state index contributed by atoms with van der Waals surface area (Å²) in [5, 5.41) is 15.5. The SMILES string of the molecule is C=CCn1c(SCC(=O)Nc2cccc(C(=O)OC)c2)nnc1[C@@H](NC(=O)c1ccc(Cl)cc1Cl)C(C)C. The monoisotopic (exact) mass is 575 g/mol. The van der Waals surface area contributed by atoms with Crippen molar-refractivity contribution in [2.45, 2.75) is 31.6 Å². The molecule has 1 aromatic heterocycles. The third kappa shape index (κ3) is 7.37. The second-order valence-electron chi connectivity index (χ2n) is 8.47. The summed E-state index contributed by atoms with van der Waals surface area (Å²) in [6.07, 6.45) is 1.69. The molecule has 38 heavy (non-hydrogen) atoms. The van der Waals surface area contributed by atoms with E-state index in [9.17, 15) is 14.4 Å².